The third-order valence-electron chi connectivity index (χ3n) is 5.40. The van der Waals surface area contributed by atoms with E-state index >= 15 is 0 Å². The Hall–Kier alpha value is -1.49. The molecule has 1 aromatic rings. The normalized spacial score (nSPS) is 21.8. The molecule has 126 valence electrons. The molecule has 0 atom stereocenters. The van der Waals surface area contributed by atoms with Gasteiger partial charge in [-0.3, -0.25) is 14.7 Å². The van der Waals surface area contributed by atoms with E-state index in [2.05, 4.69) is 20.2 Å². The van der Waals surface area contributed by atoms with Crippen molar-refractivity contribution in [2.45, 2.75) is 63.8 Å². The van der Waals surface area contributed by atoms with Crippen LogP contribution in [0.1, 0.15) is 67.5 Å². The Kier molecular flexibility index (Phi) is 5.26. The molecule has 1 saturated heterocycles. The van der Waals surface area contributed by atoms with Crippen LogP contribution in [0.4, 0.5) is 0 Å². The van der Waals surface area contributed by atoms with Gasteiger partial charge in [0.05, 0.1) is 11.9 Å². The Morgan fingerprint density at radius 1 is 1.09 bits per heavy atom. The van der Waals surface area contributed by atoms with Gasteiger partial charge in [0, 0.05) is 18.3 Å². The van der Waals surface area contributed by atoms with Crippen LogP contribution in [-0.4, -0.2) is 45.9 Å². The van der Waals surface area contributed by atoms with Crippen LogP contribution in [-0.2, 0) is 0 Å². The van der Waals surface area contributed by atoms with E-state index < -0.39 is 0 Å². The minimum Gasteiger partial charge on any atom is -0.349 e. The molecular formula is C18H28N4O. The first-order valence-corrected chi connectivity index (χ1v) is 9.02. The number of hydrogen-bond donors (Lipinski definition) is 1. The van der Waals surface area contributed by atoms with Crippen molar-refractivity contribution in [3.05, 3.63) is 23.8 Å². The molecule has 1 saturated carbocycles. The zero-order chi connectivity index (χ0) is 16.1. The summed E-state index contributed by atoms with van der Waals surface area (Å²) in [6.45, 7) is 4.98. The van der Waals surface area contributed by atoms with Gasteiger partial charge in [-0.25, -0.2) is 4.98 Å². The number of rotatable bonds is 4. The van der Waals surface area contributed by atoms with Crippen LogP contribution < -0.4 is 5.32 Å². The summed E-state index contributed by atoms with van der Waals surface area (Å²) in [4.78, 5) is 23.4. The molecule has 1 aliphatic carbocycles. The molecule has 0 radical (unpaired) electrons. The Balaban J connectivity index is 1.66. The lowest BCUT2D eigenvalue weighted by Gasteiger charge is -2.48. The predicted octanol–water partition coefficient (Wildman–Crippen LogP) is 2.70. The highest BCUT2D eigenvalue weighted by molar-refractivity contribution is 5.91. The van der Waals surface area contributed by atoms with Gasteiger partial charge in [0.25, 0.3) is 5.91 Å². The zero-order valence-corrected chi connectivity index (χ0v) is 14.2. The fourth-order valence-corrected chi connectivity index (χ4v) is 4.03. The van der Waals surface area contributed by atoms with Crippen LogP contribution in [0.2, 0.25) is 0 Å². The van der Waals surface area contributed by atoms with Gasteiger partial charge in [0.15, 0.2) is 0 Å². The Morgan fingerprint density at radius 2 is 1.78 bits per heavy atom. The van der Waals surface area contributed by atoms with Gasteiger partial charge >= 0.3 is 0 Å². The van der Waals surface area contributed by atoms with Gasteiger partial charge in [-0.2, -0.15) is 0 Å². The quantitative estimate of drug-likeness (QED) is 0.928. The number of amides is 1. The van der Waals surface area contributed by atoms with Crippen molar-refractivity contribution in [3.8, 4) is 0 Å². The van der Waals surface area contributed by atoms with Crippen LogP contribution in [0, 0.1) is 6.92 Å². The minimum atomic E-state index is -0.0977. The van der Waals surface area contributed by atoms with Gasteiger partial charge in [0.1, 0.15) is 5.69 Å². The first-order valence-electron chi connectivity index (χ1n) is 9.02. The Labute approximate surface area is 138 Å². The third kappa shape index (κ3) is 3.89. The summed E-state index contributed by atoms with van der Waals surface area (Å²) >= 11 is 0. The maximum Gasteiger partial charge on any atom is 0.271 e. The van der Waals surface area contributed by atoms with Gasteiger partial charge in [-0.05, 0) is 45.7 Å². The molecule has 23 heavy (non-hydrogen) atoms. The number of aryl methyl sites for hydroxylation is 1. The summed E-state index contributed by atoms with van der Waals surface area (Å²) in [5, 5.41) is 3.14. The number of carbonyl (C=O) groups is 1. The molecule has 1 aromatic heterocycles. The van der Waals surface area contributed by atoms with Crippen molar-refractivity contribution in [2.75, 3.05) is 19.6 Å². The molecule has 1 N–H and O–H groups in total. The van der Waals surface area contributed by atoms with E-state index in [0.29, 0.717) is 5.69 Å². The second-order valence-electron chi connectivity index (χ2n) is 7.06. The summed E-state index contributed by atoms with van der Waals surface area (Å²) in [5.41, 5.74) is 1.41. The van der Waals surface area contributed by atoms with Crippen molar-refractivity contribution >= 4 is 5.91 Å². The molecular weight excluding hydrogens is 288 g/mol. The number of nitrogens with zero attached hydrogens (tertiary/aromatic N) is 3. The third-order valence-corrected chi connectivity index (χ3v) is 5.40. The molecule has 0 aromatic carbocycles. The number of nitrogens with one attached hydrogen (secondary N) is 1. The second kappa shape index (κ2) is 7.39. The Bertz CT molecular complexity index is 516. The van der Waals surface area contributed by atoms with Crippen molar-refractivity contribution in [1.82, 2.24) is 20.2 Å². The van der Waals surface area contributed by atoms with Crippen LogP contribution in [0.25, 0.3) is 0 Å². The van der Waals surface area contributed by atoms with Crippen LogP contribution in [0.5, 0.6) is 0 Å². The van der Waals surface area contributed by atoms with E-state index in [1.807, 2.05) is 6.92 Å². The number of hydrogen-bond acceptors (Lipinski definition) is 4. The predicted molar refractivity (Wildman–Crippen MR) is 90.3 cm³/mol. The number of likely N-dealkylation sites (tertiary alicyclic amines) is 1. The first-order chi connectivity index (χ1) is 11.2. The van der Waals surface area contributed by atoms with Crippen LogP contribution in [0.15, 0.2) is 12.4 Å². The van der Waals surface area contributed by atoms with E-state index in [1.54, 1.807) is 12.4 Å². The molecule has 2 aliphatic rings. The van der Waals surface area contributed by atoms with Gasteiger partial charge in [-0.1, -0.05) is 25.7 Å². The monoisotopic (exact) mass is 316 g/mol. The van der Waals surface area contributed by atoms with Gasteiger partial charge in [0.2, 0.25) is 0 Å². The fraction of sp³-hybridized carbons (Fsp3) is 0.722. The topological polar surface area (TPSA) is 58.1 Å². The molecule has 0 unspecified atom stereocenters. The summed E-state index contributed by atoms with van der Waals surface area (Å²) in [5.74, 6) is -0.0977. The molecule has 2 heterocycles. The molecule has 3 rings (SSSR count). The average molecular weight is 316 g/mol. The maximum absolute atomic E-state index is 12.4. The molecule has 1 aliphatic heterocycles. The Morgan fingerprint density at radius 3 is 2.43 bits per heavy atom. The highest BCUT2D eigenvalue weighted by Gasteiger charge is 2.38. The largest absolute Gasteiger partial charge is 0.349 e. The number of piperidine rings is 1. The lowest BCUT2D eigenvalue weighted by molar-refractivity contribution is 0.0326. The molecule has 5 heteroatoms. The molecule has 0 spiro atoms. The summed E-state index contributed by atoms with van der Waals surface area (Å²) in [6, 6.07) is 0. The summed E-state index contributed by atoms with van der Waals surface area (Å²) in [6.07, 6.45) is 13.4. The maximum atomic E-state index is 12.4. The van der Waals surface area contributed by atoms with Gasteiger partial charge < -0.3 is 5.32 Å². The molecule has 1 amide bonds. The highest BCUT2D eigenvalue weighted by atomic mass is 16.1. The number of aromatic nitrogens is 2. The van der Waals surface area contributed by atoms with Crippen molar-refractivity contribution in [3.63, 3.8) is 0 Å². The lowest BCUT2D eigenvalue weighted by atomic mass is 9.79. The van der Waals surface area contributed by atoms with Crippen LogP contribution >= 0.6 is 0 Å². The SMILES string of the molecule is Cc1cnc(C(=O)NCC2(N3CCCCC3)CCCCC2)cn1. The van der Waals surface area contributed by atoms with Crippen LogP contribution in [0.3, 0.4) is 0 Å². The van der Waals surface area contributed by atoms with E-state index in [9.17, 15) is 4.79 Å². The smallest absolute Gasteiger partial charge is 0.271 e. The van der Waals surface area contributed by atoms with Gasteiger partial charge in [-0.15, -0.1) is 0 Å². The zero-order valence-electron chi connectivity index (χ0n) is 14.2. The van der Waals surface area contributed by atoms with E-state index in [-0.39, 0.29) is 11.4 Å². The second-order valence-corrected chi connectivity index (χ2v) is 7.06. The minimum absolute atomic E-state index is 0.0977. The molecule has 2 fully saturated rings. The van der Waals surface area contributed by atoms with E-state index in [1.165, 1.54) is 64.5 Å². The van der Waals surface area contributed by atoms with E-state index in [0.717, 1.165) is 12.2 Å². The standard InChI is InChI=1S/C18H28N4O/c1-15-12-20-16(13-19-15)17(23)21-14-18(8-4-2-5-9-18)22-10-6-3-7-11-22/h12-13H,2-11,14H2,1H3,(H,21,23). The summed E-state index contributed by atoms with van der Waals surface area (Å²) in [7, 11) is 0. The average Bonchev–Trinajstić information content (AvgIpc) is 2.62. The fourth-order valence-electron chi connectivity index (χ4n) is 4.03. The van der Waals surface area contributed by atoms with Crippen molar-refractivity contribution in [2.24, 2.45) is 0 Å². The van der Waals surface area contributed by atoms with Crippen molar-refractivity contribution < 1.29 is 4.79 Å². The molecule has 0 bridgehead atoms. The lowest BCUT2D eigenvalue weighted by Crippen LogP contribution is -2.58. The number of carbonyl (C=O) groups excluding carboxylic acids is 1. The summed E-state index contributed by atoms with van der Waals surface area (Å²) < 4.78 is 0. The van der Waals surface area contributed by atoms with E-state index in [4.69, 9.17) is 0 Å². The van der Waals surface area contributed by atoms with Crippen molar-refractivity contribution in [1.29, 1.82) is 0 Å². The molecule has 5 nitrogen and oxygen atoms in total. The highest BCUT2D eigenvalue weighted by Crippen LogP contribution is 2.35. The first kappa shape index (κ1) is 16.4.